The Morgan fingerprint density at radius 3 is 2.85 bits per heavy atom. The van der Waals surface area contributed by atoms with E-state index in [2.05, 4.69) is 5.32 Å². The van der Waals surface area contributed by atoms with Gasteiger partial charge >= 0.3 is 0 Å². The molecule has 0 radical (unpaired) electrons. The summed E-state index contributed by atoms with van der Waals surface area (Å²) in [4.78, 5) is 22.2. The molecule has 0 aromatic heterocycles. The third kappa shape index (κ3) is 3.26. The van der Waals surface area contributed by atoms with Gasteiger partial charge in [-0.05, 0) is 31.9 Å². The lowest BCUT2D eigenvalue weighted by atomic mass is 9.94. The van der Waals surface area contributed by atoms with Crippen molar-refractivity contribution in [3.63, 3.8) is 0 Å². The summed E-state index contributed by atoms with van der Waals surface area (Å²) in [6.45, 7) is 3.07. The van der Waals surface area contributed by atoms with Gasteiger partial charge in [-0.2, -0.15) is 0 Å². The molecule has 1 N–H and O–H groups in total. The van der Waals surface area contributed by atoms with Gasteiger partial charge in [0.15, 0.2) is 0 Å². The fraction of sp³-hybridized carbons (Fsp3) is 0.462. The molecule has 108 valence electrons. The van der Waals surface area contributed by atoms with Crippen LogP contribution in [0.1, 0.15) is 30.1 Å². The van der Waals surface area contributed by atoms with Crippen molar-refractivity contribution in [1.82, 2.24) is 5.32 Å². The second-order valence-corrected chi connectivity index (χ2v) is 5.50. The zero-order valence-electron chi connectivity index (χ0n) is 11.0. The van der Waals surface area contributed by atoms with Gasteiger partial charge in [0.2, 0.25) is 0 Å². The molecule has 1 saturated heterocycles. The molecule has 1 fully saturated rings. The Labute approximate surface area is 121 Å². The summed E-state index contributed by atoms with van der Waals surface area (Å²) < 4.78 is 5.37. The molecule has 1 atom stereocenters. The van der Waals surface area contributed by atoms with Gasteiger partial charge in [0.05, 0.1) is 17.1 Å². The van der Waals surface area contributed by atoms with Crippen LogP contribution in [0.15, 0.2) is 18.2 Å². The lowest BCUT2D eigenvalue weighted by Crippen LogP contribution is -2.51. The van der Waals surface area contributed by atoms with Crippen molar-refractivity contribution in [2.45, 2.75) is 25.3 Å². The highest BCUT2D eigenvalue weighted by Gasteiger charge is 2.30. The van der Waals surface area contributed by atoms with E-state index in [0.717, 1.165) is 12.8 Å². The minimum Gasteiger partial charge on any atom is -0.379 e. The smallest absolute Gasteiger partial charge is 0.287 e. The summed E-state index contributed by atoms with van der Waals surface area (Å²) in [6.07, 6.45) is 1.72. The third-order valence-electron chi connectivity index (χ3n) is 3.26. The molecule has 0 saturated carbocycles. The topological polar surface area (TPSA) is 81.5 Å². The molecule has 1 aliphatic heterocycles. The highest BCUT2D eigenvalue weighted by atomic mass is 35.5. The number of amides is 1. The van der Waals surface area contributed by atoms with Crippen molar-refractivity contribution in [3.05, 3.63) is 38.9 Å². The molecule has 1 unspecified atom stereocenters. The van der Waals surface area contributed by atoms with Crippen molar-refractivity contribution >= 4 is 23.2 Å². The van der Waals surface area contributed by atoms with Crippen LogP contribution in [0.3, 0.4) is 0 Å². The predicted molar refractivity (Wildman–Crippen MR) is 74.0 cm³/mol. The van der Waals surface area contributed by atoms with E-state index < -0.39 is 10.5 Å². The van der Waals surface area contributed by atoms with E-state index in [-0.39, 0.29) is 16.6 Å². The standard InChI is InChI=1S/C13H15ClN2O4/c1-13(5-2-6-20-8-13)15-12(17)9-3-4-11(16(18)19)10(14)7-9/h3-4,7H,2,5-6,8H2,1H3,(H,15,17). The van der Waals surface area contributed by atoms with Crippen molar-refractivity contribution in [2.75, 3.05) is 13.2 Å². The Hall–Kier alpha value is -1.66. The van der Waals surface area contributed by atoms with Gasteiger partial charge in [-0.15, -0.1) is 0 Å². The normalized spacial score (nSPS) is 22.3. The first-order valence-corrected chi connectivity index (χ1v) is 6.63. The predicted octanol–water partition coefficient (Wildman–Crippen LogP) is 2.55. The number of rotatable bonds is 3. The van der Waals surface area contributed by atoms with E-state index in [1.54, 1.807) is 0 Å². The van der Waals surface area contributed by atoms with E-state index in [4.69, 9.17) is 16.3 Å². The zero-order chi connectivity index (χ0) is 14.8. The van der Waals surface area contributed by atoms with Crippen LogP contribution in [-0.4, -0.2) is 29.6 Å². The van der Waals surface area contributed by atoms with Gasteiger partial charge in [-0.25, -0.2) is 0 Å². The van der Waals surface area contributed by atoms with Crippen LogP contribution < -0.4 is 5.32 Å². The molecule has 0 spiro atoms. The molecular weight excluding hydrogens is 284 g/mol. The van der Waals surface area contributed by atoms with Crippen molar-refractivity contribution in [1.29, 1.82) is 0 Å². The van der Waals surface area contributed by atoms with Crippen molar-refractivity contribution < 1.29 is 14.5 Å². The molecule has 0 aliphatic carbocycles. The molecule has 0 bridgehead atoms. The van der Waals surface area contributed by atoms with Gasteiger partial charge in [0.1, 0.15) is 5.02 Å². The number of nitrogens with zero attached hydrogens (tertiary/aromatic N) is 1. The first kappa shape index (κ1) is 14.7. The first-order valence-electron chi connectivity index (χ1n) is 6.25. The molecule has 6 nitrogen and oxygen atoms in total. The van der Waals surface area contributed by atoms with E-state index in [1.165, 1.54) is 18.2 Å². The number of nitro groups is 1. The average Bonchev–Trinajstić information content (AvgIpc) is 2.38. The Kier molecular flexibility index (Phi) is 4.25. The second kappa shape index (κ2) is 5.76. The third-order valence-corrected chi connectivity index (χ3v) is 3.56. The summed E-state index contributed by atoms with van der Waals surface area (Å²) in [5, 5.41) is 13.5. The van der Waals surface area contributed by atoms with E-state index in [1.807, 2.05) is 6.92 Å². The molecule has 1 amide bonds. The fourth-order valence-electron chi connectivity index (χ4n) is 2.18. The summed E-state index contributed by atoms with van der Waals surface area (Å²) in [7, 11) is 0. The van der Waals surface area contributed by atoms with Gasteiger partial charge in [-0.1, -0.05) is 11.6 Å². The van der Waals surface area contributed by atoms with Crippen molar-refractivity contribution in [3.8, 4) is 0 Å². The minimum atomic E-state index is -0.583. The number of carbonyl (C=O) groups is 1. The molecule has 7 heteroatoms. The maximum absolute atomic E-state index is 12.2. The minimum absolute atomic E-state index is 0.0484. The lowest BCUT2D eigenvalue weighted by molar-refractivity contribution is -0.384. The van der Waals surface area contributed by atoms with Gasteiger partial charge in [-0.3, -0.25) is 14.9 Å². The summed E-state index contributed by atoms with van der Waals surface area (Å²) in [6, 6.07) is 3.94. The molecule has 1 aromatic carbocycles. The molecule has 1 aromatic rings. The van der Waals surface area contributed by atoms with Gasteiger partial charge in [0.25, 0.3) is 11.6 Å². The van der Waals surface area contributed by atoms with Crippen LogP contribution in [-0.2, 0) is 4.74 Å². The van der Waals surface area contributed by atoms with E-state index >= 15 is 0 Å². The fourth-order valence-corrected chi connectivity index (χ4v) is 2.42. The highest BCUT2D eigenvalue weighted by molar-refractivity contribution is 6.33. The number of hydrogen-bond donors (Lipinski definition) is 1. The Balaban J connectivity index is 2.13. The number of halogens is 1. The lowest BCUT2D eigenvalue weighted by Gasteiger charge is -2.34. The van der Waals surface area contributed by atoms with Crippen LogP contribution >= 0.6 is 11.6 Å². The molecule has 1 aliphatic rings. The quantitative estimate of drug-likeness (QED) is 0.687. The molecular formula is C13H15ClN2O4. The van der Waals surface area contributed by atoms with Crippen LogP contribution in [0.4, 0.5) is 5.69 Å². The monoisotopic (exact) mass is 298 g/mol. The maximum atomic E-state index is 12.2. The molecule has 2 rings (SSSR count). The number of ether oxygens (including phenoxy) is 1. The average molecular weight is 299 g/mol. The van der Waals surface area contributed by atoms with Crippen LogP contribution in [0.2, 0.25) is 5.02 Å². The number of carbonyl (C=O) groups excluding carboxylic acids is 1. The van der Waals surface area contributed by atoms with Gasteiger partial charge < -0.3 is 10.1 Å². The summed E-state index contributed by atoms with van der Waals surface area (Å²) in [5.41, 5.74) is -0.327. The molecule has 20 heavy (non-hydrogen) atoms. The molecule has 1 heterocycles. The number of benzene rings is 1. The SMILES string of the molecule is CC1(NC(=O)c2ccc([N+](=O)[O-])c(Cl)c2)CCCOC1. The van der Waals surface area contributed by atoms with Crippen LogP contribution in [0.25, 0.3) is 0 Å². The van der Waals surface area contributed by atoms with Gasteiger partial charge in [0, 0.05) is 18.2 Å². The van der Waals surface area contributed by atoms with E-state index in [0.29, 0.717) is 18.8 Å². The summed E-state index contributed by atoms with van der Waals surface area (Å²) >= 11 is 5.80. The Morgan fingerprint density at radius 2 is 2.30 bits per heavy atom. The zero-order valence-corrected chi connectivity index (χ0v) is 11.8. The summed E-state index contributed by atoms with van der Waals surface area (Å²) in [5.74, 6) is -0.310. The van der Waals surface area contributed by atoms with Crippen LogP contribution in [0.5, 0.6) is 0 Å². The largest absolute Gasteiger partial charge is 0.379 e. The number of nitro benzene ring substituents is 1. The van der Waals surface area contributed by atoms with E-state index in [9.17, 15) is 14.9 Å². The Bertz CT molecular complexity index is 541. The maximum Gasteiger partial charge on any atom is 0.287 e. The highest BCUT2D eigenvalue weighted by Crippen LogP contribution is 2.25. The van der Waals surface area contributed by atoms with Crippen molar-refractivity contribution in [2.24, 2.45) is 0 Å². The van der Waals surface area contributed by atoms with Crippen LogP contribution in [0, 0.1) is 10.1 Å². The first-order chi connectivity index (χ1) is 9.41. The Morgan fingerprint density at radius 1 is 1.55 bits per heavy atom. The second-order valence-electron chi connectivity index (χ2n) is 5.09. The number of nitrogens with one attached hydrogen (secondary N) is 1. The number of hydrogen-bond acceptors (Lipinski definition) is 4.